The Morgan fingerprint density at radius 3 is 2.39 bits per heavy atom. The summed E-state index contributed by atoms with van der Waals surface area (Å²) < 4.78 is 5.04. The van der Waals surface area contributed by atoms with Gasteiger partial charge < -0.3 is 15.0 Å². The van der Waals surface area contributed by atoms with E-state index in [4.69, 9.17) is 4.74 Å². The van der Waals surface area contributed by atoms with Crippen LogP contribution in [0, 0.1) is 5.92 Å². The van der Waals surface area contributed by atoms with Crippen molar-refractivity contribution >= 4 is 17.5 Å². The summed E-state index contributed by atoms with van der Waals surface area (Å²) in [6.07, 6.45) is 0. The van der Waals surface area contributed by atoms with Crippen LogP contribution in [0.3, 0.4) is 0 Å². The lowest BCUT2D eigenvalue weighted by Crippen LogP contribution is -2.53. The Labute approximate surface area is 106 Å². The molecule has 96 valence electrons. The van der Waals surface area contributed by atoms with Gasteiger partial charge in [-0.3, -0.25) is 9.59 Å². The second-order valence-corrected chi connectivity index (χ2v) is 4.34. The van der Waals surface area contributed by atoms with E-state index in [-0.39, 0.29) is 17.7 Å². The van der Waals surface area contributed by atoms with E-state index >= 15 is 0 Å². The number of carbonyl (C=O) groups is 2. The van der Waals surface area contributed by atoms with Crippen LogP contribution in [0.25, 0.3) is 0 Å². The summed E-state index contributed by atoms with van der Waals surface area (Å²) in [6, 6.07) is 7.16. The Hall–Kier alpha value is -2.04. The fourth-order valence-electron chi connectivity index (χ4n) is 1.82. The Kier molecular flexibility index (Phi) is 3.50. The van der Waals surface area contributed by atoms with E-state index in [0.29, 0.717) is 13.1 Å². The molecule has 18 heavy (non-hydrogen) atoms. The van der Waals surface area contributed by atoms with Gasteiger partial charge in [-0.25, -0.2) is 0 Å². The molecule has 1 fully saturated rings. The molecule has 5 heteroatoms. The van der Waals surface area contributed by atoms with E-state index < -0.39 is 0 Å². The minimum absolute atomic E-state index is 0.0171. The average Bonchev–Trinajstić information content (AvgIpc) is 2.27. The molecule has 1 heterocycles. The first-order valence-electron chi connectivity index (χ1n) is 5.80. The van der Waals surface area contributed by atoms with Gasteiger partial charge in [0.05, 0.1) is 13.0 Å². The molecule has 1 aliphatic heterocycles. The smallest absolute Gasteiger partial charge is 0.231 e. The number of methoxy groups -OCH3 is 1. The maximum absolute atomic E-state index is 11.8. The molecule has 2 rings (SSSR count). The molecule has 1 aromatic carbocycles. The van der Waals surface area contributed by atoms with Crippen molar-refractivity contribution in [1.82, 2.24) is 4.90 Å². The lowest BCUT2D eigenvalue weighted by Gasteiger charge is -2.37. The van der Waals surface area contributed by atoms with Crippen LogP contribution in [0.2, 0.25) is 0 Å². The maximum Gasteiger partial charge on any atom is 0.231 e. The molecule has 1 N–H and O–H groups in total. The van der Waals surface area contributed by atoms with Crippen molar-refractivity contribution in [3.05, 3.63) is 24.3 Å². The van der Waals surface area contributed by atoms with Crippen molar-refractivity contribution < 1.29 is 14.3 Å². The van der Waals surface area contributed by atoms with Crippen LogP contribution >= 0.6 is 0 Å². The van der Waals surface area contributed by atoms with E-state index in [1.807, 2.05) is 0 Å². The second kappa shape index (κ2) is 5.08. The van der Waals surface area contributed by atoms with Crippen LogP contribution in [0.4, 0.5) is 5.69 Å². The van der Waals surface area contributed by atoms with Gasteiger partial charge in [0.25, 0.3) is 0 Å². The van der Waals surface area contributed by atoms with E-state index in [2.05, 4.69) is 5.32 Å². The number of hydrogen-bond donors (Lipinski definition) is 1. The number of benzene rings is 1. The van der Waals surface area contributed by atoms with Gasteiger partial charge in [0.1, 0.15) is 5.75 Å². The quantitative estimate of drug-likeness (QED) is 0.871. The Bertz CT molecular complexity index is 450. The van der Waals surface area contributed by atoms with Crippen LogP contribution in [0.1, 0.15) is 6.92 Å². The number of nitrogens with zero attached hydrogens (tertiary/aromatic N) is 1. The van der Waals surface area contributed by atoms with Crippen LogP contribution in [-0.4, -0.2) is 36.9 Å². The molecule has 5 nitrogen and oxygen atoms in total. The third-order valence-electron chi connectivity index (χ3n) is 3.06. The van der Waals surface area contributed by atoms with Crippen LogP contribution in [0.5, 0.6) is 5.75 Å². The standard InChI is InChI=1S/C13H16N2O3/c1-9(16)15-7-10(8-15)13(17)14-11-3-5-12(18-2)6-4-11/h3-6,10H,7-8H2,1-2H3,(H,14,17). The number of hydrogen-bond acceptors (Lipinski definition) is 3. The minimum Gasteiger partial charge on any atom is -0.497 e. The molecule has 0 saturated carbocycles. The molecule has 1 aromatic rings. The zero-order valence-corrected chi connectivity index (χ0v) is 10.5. The zero-order valence-electron chi connectivity index (χ0n) is 10.5. The molecule has 1 saturated heterocycles. The summed E-state index contributed by atoms with van der Waals surface area (Å²) in [6.45, 7) is 2.53. The highest BCUT2D eigenvalue weighted by Crippen LogP contribution is 2.19. The van der Waals surface area contributed by atoms with Gasteiger partial charge in [0.2, 0.25) is 11.8 Å². The summed E-state index contributed by atoms with van der Waals surface area (Å²) in [5, 5.41) is 2.82. The lowest BCUT2D eigenvalue weighted by molar-refractivity contribution is -0.139. The van der Waals surface area contributed by atoms with Crippen molar-refractivity contribution in [2.75, 3.05) is 25.5 Å². The highest BCUT2D eigenvalue weighted by molar-refractivity contribution is 5.94. The van der Waals surface area contributed by atoms with E-state index in [9.17, 15) is 9.59 Å². The summed E-state index contributed by atoms with van der Waals surface area (Å²) in [5.74, 6) is 0.622. The van der Waals surface area contributed by atoms with Gasteiger partial charge in [-0.15, -0.1) is 0 Å². The number of anilines is 1. The molecular formula is C13H16N2O3. The van der Waals surface area contributed by atoms with Crippen LogP contribution < -0.4 is 10.1 Å². The Morgan fingerprint density at radius 1 is 1.28 bits per heavy atom. The summed E-state index contributed by atoms with van der Waals surface area (Å²) in [7, 11) is 1.60. The van der Waals surface area contributed by atoms with Crippen LogP contribution in [0.15, 0.2) is 24.3 Å². The molecule has 1 aliphatic rings. The molecule has 0 aliphatic carbocycles. The van der Waals surface area contributed by atoms with E-state index in [1.165, 1.54) is 6.92 Å². The van der Waals surface area contributed by atoms with Crippen molar-refractivity contribution in [3.8, 4) is 5.75 Å². The van der Waals surface area contributed by atoms with Crippen molar-refractivity contribution in [2.45, 2.75) is 6.92 Å². The van der Waals surface area contributed by atoms with E-state index in [1.54, 1.807) is 36.3 Å². The monoisotopic (exact) mass is 248 g/mol. The van der Waals surface area contributed by atoms with Gasteiger partial charge in [0, 0.05) is 25.7 Å². The predicted molar refractivity (Wildman–Crippen MR) is 67.4 cm³/mol. The Morgan fingerprint density at radius 2 is 1.89 bits per heavy atom. The highest BCUT2D eigenvalue weighted by atomic mass is 16.5. The molecule has 0 bridgehead atoms. The first kappa shape index (κ1) is 12.4. The normalized spacial score (nSPS) is 14.9. The number of carbonyl (C=O) groups excluding carboxylic acids is 2. The summed E-state index contributed by atoms with van der Waals surface area (Å²) in [5.41, 5.74) is 0.738. The fourth-order valence-corrected chi connectivity index (χ4v) is 1.82. The van der Waals surface area contributed by atoms with Crippen molar-refractivity contribution in [1.29, 1.82) is 0 Å². The molecule has 0 atom stereocenters. The first-order valence-corrected chi connectivity index (χ1v) is 5.80. The summed E-state index contributed by atoms with van der Waals surface area (Å²) >= 11 is 0. The minimum atomic E-state index is -0.101. The Balaban J connectivity index is 1.86. The molecular weight excluding hydrogens is 232 g/mol. The fraction of sp³-hybridized carbons (Fsp3) is 0.385. The average molecular weight is 248 g/mol. The number of nitrogens with one attached hydrogen (secondary N) is 1. The largest absolute Gasteiger partial charge is 0.497 e. The van der Waals surface area contributed by atoms with E-state index in [0.717, 1.165) is 11.4 Å². The molecule has 0 radical (unpaired) electrons. The number of ether oxygens (including phenoxy) is 1. The third-order valence-corrected chi connectivity index (χ3v) is 3.06. The van der Waals surface area contributed by atoms with Crippen molar-refractivity contribution in [2.24, 2.45) is 5.92 Å². The number of amides is 2. The predicted octanol–water partition coefficient (Wildman–Crippen LogP) is 1.11. The topological polar surface area (TPSA) is 58.6 Å². The number of likely N-dealkylation sites (tertiary alicyclic amines) is 1. The van der Waals surface area contributed by atoms with Gasteiger partial charge in [-0.1, -0.05) is 0 Å². The molecule has 0 unspecified atom stereocenters. The maximum atomic E-state index is 11.8. The van der Waals surface area contributed by atoms with Gasteiger partial charge >= 0.3 is 0 Å². The SMILES string of the molecule is COc1ccc(NC(=O)C2CN(C(C)=O)C2)cc1. The first-order chi connectivity index (χ1) is 8.60. The zero-order chi connectivity index (χ0) is 13.1. The number of rotatable bonds is 3. The van der Waals surface area contributed by atoms with Gasteiger partial charge in [-0.05, 0) is 24.3 Å². The molecule has 0 aromatic heterocycles. The molecule has 2 amide bonds. The highest BCUT2D eigenvalue weighted by Gasteiger charge is 2.33. The molecule has 0 spiro atoms. The van der Waals surface area contributed by atoms with Crippen LogP contribution in [-0.2, 0) is 9.59 Å². The van der Waals surface area contributed by atoms with Gasteiger partial charge in [0.15, 0.2) is 0 Å². The third kappa shape index (κ3) is 2.61. The van der Waals surface area contributed by atoms with Gasteiger partial charge in [-0.2, -0.15) is 0 Å². The second-order valence-electron chi connectivity index (χ2n) is 4.34. The van der Waals surface area contributed by atoms with Crippen molar-refractivity contribution in [3.63, 3.8) is 0 Å². The summed E-state index contributed by atoms with van der Waals surface area (Å²) in [4.78, 5) is 24.5. The lowest BCUT2D eigenvalue weighted by atomic mass is 9.99.